The summed E-state index contributed by atoms with van der Waals surface area (Å²) >= 11 is 0. The molecule has 0 heterocycles. The smallest absolute Gasteiger partial charge is 0.116 e. The summed E-state index contributed by atoms with van der Waals surface area (Å²) < 4.78 is 0. The molecule has 41 heavy (non-hydrogen) atoms. The first kappa shape index (κ1) is 26.4. The molecule has 0 spiro atoms. The molecule has 2 heteroatoms. The van der Waals surface area contributed by atoms with Gasteiger partial charge >= 0.3 is 0 Å². The van der Waals surface area contributed by atoms with Crippen molar-refractivity contribution in [1.82, 2.24) is 0 Å². The number of phenolic OH excluding ortho intramolecular Hbond substituents is 1. The van der Waals surface area contributed by atoms with Crippen LogP contribution in [0.25, 0.3) is 34.1 Å². The van der Waals surface area contributed by atoms with E-state index in [-0.39, 0.29) is 11.5 Å². The van der Waals surface area contributed by atoms with Gasteiger partial charge in [-0.05, 0) is 117 Å². The van der Waals surface area contributed by atoms with Crippen molar-refractivity contribution in [2.24, 2.45) is 5.92 Å². The van der Waals surface area contributed by atoms with Crippen LogP contribution in [0.5, 0.6) is 5.75 Å². The fourth-order valence-electron chi connectivity index (χ4n) is 6.14. The van der Waals surface area contributed by atoms with Gasteiger partial charge in [-0.2, -0.15) is 0 Å². The molecule has 2 N–H and O–H groups in total. The zero-order valence-corrected chi connectivity index (χ0v) is 23.9. The molecular formula is C39H34O2. The van der Waals surface area contributed by atoms with Crippen molar-refractivity contribution in [3.8, 4) is 16.9 Å². The quantitative estimate of drug-likeness (QED) is 0.171. The van der Waals surface area contributed by atoms with Gasteiger partial charge in [0.2, 0.25) is 0 Å². The Morgan fingerprint density at radius 1 is 0.707 bits per heavy atom. The van der Waals surface area contributed by atoms with Gasteiger partial charge in [-0.15, -0.1) is 5.73 Å². The second-order valence-corrected chi connectivity index (χ2v) is 11.3. The lowest BCUT2D eigenvalue weighted by Crippen LogP contribution is -2.28. The topological polar surface area (TPSA) is 40.5 Å². The Bertz CT molecular complexity index is 1850. The van der Waals surface area contributed by atoms with Crippen LogP contribution in [0.1, 0.15) is 61.1 Å². The molecule has 0 aromatic heterocycles. The van der Waals surface area contributed by atoms with E-state index in [2.05, 4.69) is 118 Å². The van der Waals surface area contributed by atoms with Gasteiger partial charge < -0.3 is 10.2 Å². The monoisotopic (exact) mass is 534 g/mol. The molecule has 0 saturated carbocycles. The molecule has 6 rings (SSSR count). The molecule has 0 amide bonds. The number of aromatic hydroxyl groups is 1. The van der Waals surface area contributed by atoms with Gasteiger partial charge in [-0.25, -0.2) is 0 Å². The van der Waals surface area contributed by atoms with Crippen LogP contribution >= 0.6 is 0 Å². The van der Waals surface area contributed by atoms with E-state index >= 15 is 0 Å². The fraction of sp³-hybridized carbons (Fsp3) is 0.154. The predicted molar refractivity (Wildman–Crippen MR) is 171 cm³/mol. The Kier molecular flexibility index (Phi) is 6.66. The molecule has 1 aliphatic carbocycles. The van der Waals surface area contributed by atoms with Gasteiger partial charge in [-0.3, -0.25) is 0 Å². The number of fused-ring (bicyclic) bond motifs is 4. The molecule has 202 valence electrons. The van der Waals surface area contributed by atoms with E-state index in [1.807, 2.05) is 18.2 Å². The molecule has 0 fully saturated rings. The summed E-state index contributed by atoms with van der Waals surface area (Å²) in [6.45, 7) is 8.16. The van der Waals surface area contributed by atoms with Crippen LogP contribution in [0, 0.1) is 5.92 Å². The molecule has 0 unspecified atom stereocenters. The Morgan fingerprint density at radius 2 is 1.29 bits per heavy atom. The third-order valence-corrected chi connectivity index (χ3v) is 8.41. The summed E-state index contributed by atoms with van der Waals surface area (Å²) in [6, 6.07) is 36.1. The minimum absolute atomic E-state index is 0.264. The standard InChI is InChI=1S/C39H34O2/c1-25(2)26(3)13-14-29-22-32(18-15-28(29)21-27(4)40)39(33-19-16-31-24-34(41)20-17-30(31)23-33)37-11-7-5-9-35(37)36-10-6-8-12-38(36)39/h5-12,14-25,40-41H,1-4H3/b27-21+. The van der Waals surface area contributed by atoms with Crippen molar-refractivity contribution in [1.29, 1.82) is 0 Å². The molecule has 1 aliphatic rings. The number of aliphatic hydroxyl groups is 1. The van der Waals surface area contributed by atoms with Gasteiger partial charge in [0, 0.05) is 0 Å². The van der Waals surface area contributed by atoms with Crippen LogP contribution < -0.4 is 0 Å². The van der Waals surface area contributed by atoms with Gasteiger partial charge in [0.1, 0.15) is 5.75 Å². The van der Waals surface area contributed by atoms with E-state index in [0.29, 0.717) is 5.92 Å². The van der Waals surface area contributed by atoms with Gasteiger partial charge in [-0.1, -0.05) is 92.7 Å². The van der Waals surface area contributed by atoms with Crippen molar-refractivity contribution >= 4 is 22.9 Å². The Balaban J connectivity index is 1.72. The zero-order chi connectivity index (χ0) is 28.7. The third-order valence-electron chi connectivity index (χ3n) is 8.41. The molecule has 2 nitrogen and oxygen atoms in total. The van der Waals surface area contributed by atoms with Crippen LogP contribution in [-0.2, 0) is 5.41 Å². The first-order chi connectivity index (χ1) is 19.8. The number of rotatable bonds is 5. The number of hydrogen-bond donors (Lipinski definition) is 2. The maximum absolute atomic E-state index is 10.2. The summed E-state index contributed by atoms with van der Waals surface area (Å²) in [5, 5.41) is 22.4. The molecule has 0 radical (unpaired) electrons. The predicted octanol–water partition coefficient (Wildman–Crippen LogP) is 10.0. The Labute approximate surface area is 242 Å². The lowest BCUT2D eigenvalue weighted by molar-refractivity contribution is 0.420. The van der Waals surface area contributed by atoms with Crippen LogP contribution in [0.15, 0.2) is 120 Å². The van der Waals surface area contributed by atoms with Gasteiger partial charge in [0.05, 0.1) is 11.2 Å². The lowest BCUT2D eigenvalue weighted by Gasteiger charge is -2.34. The number of hydrogen-bond acceptors (Lipinski definition) is 2. The average Bonchev–Trinajstić information content (AvgIpc) is 3.27. The minimum Gasteiger partial charge on any atom is -0.513 e. The molecule has 0 bridgehead atoms. The number of aliphatic hydroxyl groups excluding tert-OH is 1. The van der Waals surface area contributed by atoms with Crippen LogP contribution in [-0.4, -0.2) is 10.2 Å². The minimum atomic E-state index is -0.560. The maximum Gasteiger partial charge on any atom is 0.116 e. The lowest BCUT2D eigenvalue weighted by atomic mass is 9.67. The van der Waals surface area contributed by atoms with E-state index in [1.54, 1.807) is 13.0 Å². The molecule has 5 aromatic rings. The second kappa shape index (κ2) is 10.3. The molecular weight excluding hydrogens is 500 g/mol. The first-order valence-electron chi connectivity index (χ1n) is 14.2. The fourth-order valence-corrected chi connectivity index (χ4v) is 6.14. The third kappa shape index (κ3) is 4.47. The van der Waals surface area contributed by atoms with Crippen molar-refractivity contribution in [3.63, 3.8) is 0 Å². The number of phenols is 1. The van der Waals surface area contributed by atoms with Crippen molar-refractivity contribution in [2.75, 3.05) is 0 Å². The maximum atomic E-state index is 10.2. The van der Waals surface area contributed by atoms with E-state index < -0.39 is 5.41 Å². The van der Waals surface area contributed by atoms with Gasteiger partial charge in [0.15, 0.2) is 0 Å². The first-order valence-corrected chi connectivity index (χ1v) is 14.2. The van der Waals surface area contributed by atoms with Crippen LogP contribution in [0.2, 0.25) is 0 Å². The summed E-state index contributed by atoms with van der Waals surface area (Å²) in [6.07, 6.45) is 3.87. The van der Waals surface area contributed by atoms with E-state index in [1.165, 1.54) is 33.4 Å². The summed E-state index contributed by atoms with van der Waals surface area (Å²) in [5.74, 6) is 0.923. The van der Waals surface area contributed by atoms with Crippen LogP contribution in [0.3, 0.4) is 0 Å². The molecule has 5 aromatic carbocycles. The van der Waals surface area contributed by atoms with Crippen molar-refractivity contribution < 1.29 is 10.2 Å². The highest BCUT2D eigenvalue weighted by Gasteiger charge is 2.46. The highest BCUT2D eigenvalue weighted by atomic mass is 16.3. The SMILES string of the molecule is CC(=C=Cc1cc(C2(c3ccc4cc(O)ccc4c3)c3ccccc3-c3ccccc32)ccc1/C=C(\C)O)C(C)C. The Hall–Kier alpha value is -4.78. The second-order valence-electron chi connectivity index (χ2n) is 11.3. The van der Waals surface area contributed by atoms with Gasteiger partial charge in [0.25, 0.3) is 0 Å². The number of benzene rings is 5. The highest BCUT2D eigenvalue weighted by Crippen LogP contribution is 2.56. The molecule has 0 saturated heterocycles. The van der Waals surface area contributed by atoms with E-state index in [4.69, 9.17) is 0 Å². The normalized spacial score (nSPS) is 13.5. The number of allylic oxidation sites excluding steroid dienone is 2. The zero-order valence-electron chi connectivity index (χ0n) is 23.9. The van der Waals surface area contributed by atoms with E-state index in [9.17, 15) is 10.2 Å². The highest BCUT2D eigenvalue weighted by molar-refractivity contribution is 5.90. The summed E-state index contributed by atoms with van der Waals surface area (Å²) in [7, 11) is 0. The van der Waals surface area contributed by atoms with Crippen molar-refractivity contribution in [2.45, 2.75) is 33.1 Å². The summed E-state index contributed by atoms with van der Waals surface area (Å²) in [4.78, 5) is 0. The van der Waals surface area contributed by atoms with Crippen molar-refractivity contribution in [3.05, 3.63) is 154 Å². The molecule has 0 atom stereocenters. The average molecular weight is 535 g/mol. The summed E-state index contributed by atoms with van der Waals surface area (Å²) in [5.41, 5.74) is 13.3. The largest absolute Gasteiger partial charge is 0.513 e. The van der Waals surface area contributed by atoms with E-state index in [0.717, 1.165) is 27.5 Å². The molecule has 0 aliphatic heterocycles. The Morgan fingerprint density at radius 3 is 1.95 bits per heavy atom. The van der Waals surface area contributed by atoms with Crippen LogP contribution in [0.4, 0.5) is 0 Å².